The van der Waals surface area contributed by atoms with Crippen molar-refractivity contribution < 1.29 is 27.5 Å². The van der Waals surface area contributed by atoms with Crippen molar-refractivity contribution >= 4 is 27.5 Å². The molecule has 1 aliphatic rings. The molecule has 4 aromatic carbocycles. The summed E-state index contributed by atoms with van der Waals surface area (Å²) in [5, 5.41) is 3.25. The summed E-state index contributed by atoms with van der Waals surface area (Å²) >= 11 is 0. The topological polar surface area (TPSA) is 105 Å². The molecule has 1 aliphatic carbocycles. The highest BCUT2D eigenvalue weighted by Gasteiger charge is 2.36. The van der Waals surface area contributed by atoms with Crippen molar-refractivity contribution in [3.63, 3.8) is 0 Å². The molecule has 9 nitrogen and oxygen atoms in total. The molecule has 1 atom stereocenters. The molecule has 4 aromatic rings. The maximum absolute atomic E-state index is 14.8. The molecule has 50 heavy (non-hydrogen) atoms. The van der Waals surface area contributed by atoms with E-state index in [-0.39, 0.29) is 35.6 Å². The van der Waals surface area contributed by atoms with E-state index in [2.05, 4.69) is 5.32 Å². The summed E-state index contributed by atoms with van der Waals surface area (Å²) in [7, 11) is -1.41. The molecular weight excluding hydrogens is 651 g/mol. The van der Waals surface area contributed by atoms with E-state index in [1.807, 2.05) is 80.6 Å². The molecule has 0 unspecified atom stereocenters. The average Bonchev–Trinajstić information content (AvgIpc) is 3.12. The van der Waals surface area contributed by atoms with Gasteiger partial charge in [0.2, 0.25) is 11.8 Å². The van der Waals surface area contributed by atoms with E-state index in [9.17, 15) is 18.0 Å². The number of benzene rings is 4. The first-order valence-electron chi connectivity index (χ1n) is 17.1. The van der Waals surface area contributed by atoms with E-state index in [1.54, 1.807) is 17.0 Å². The van der Waals surface area contributed by atoms with Gasteiger partial charge < -0.3 is 19.7 Å². The highest BCUT2D eigenvalue weighted by Crippen LogP contribution is 2.33. The number of ether oxygens (including phenoxy) is 2. The molecular formula is C40H47N3O6S. The maximum Gasteiger partial charge on any atom is 0.264 e. The summed E-state index contributed by atoms with van der Waals surface area (Å²) in [6.07, 6.45) is 5.27. The Morgan fingerprint density at radius 1 is 0.780 bits per heavy atom. The van der Waals surface area contributed by atoms with Gasteiger partial charge in [0.1, 0.15) is 12.6 Å². The maximum atomic E-state index is 14.8. The van der Waals surface area contributed by atoms with Crippen molar-refractivity contribution in [1.82, 2.24) is 10.2 Å². The Bertz CT molecular complexity index is 1840. The van der Waals surface area contributed by atoms with Crippen molar-refractivity contribution in [3.8, 4) is 11.5 Å². The third kappa shape index (κ3) is 9.04. The fraction of sp³-hybridized carbons (Fsp3) is 0.350. The number of rotatable bonds is 14. The SMILES string of the molecule is COc1ccc(S(=O)(=O)N(CC(=O)N(Cc2ccccc2)[C@@H](Cc2ccccc2)C(=O)NC2CCCCC2)c2cc(C)cc(C)c2)cc1OC. The smallest absolute Gasteiger partial charge is 0.264 e. The van der Waals surface area contributed by atoms with Crippen LogP contribution >= 0.6 is 0 Å². The van der Waals surface area contributed by atoms with Crippen LogP contribution in [0.2, 0.25) is 0 Å². The van der Waals surface area contributed by atoms with Gasteiger partial charge in [-0.2, -0.15) is 0 Å². The normalized spacial score (nSPS) is 14.0. The number of hydrogen-bond donors (Lipinski definition) is 1. The number of anilines is 1. The zero-order valence-corrected chi connectivity index (χ0v) is 30.1. The standard InChI is InChI=1S/C40H47N3O6S/c1-29-22-30(2)24-34(23-29)43(50(46,47)35-20-21-37(48-3)38(26-35)49-4)28-39(44)42(27-32-16-10-6-11-17-32)36(25-31-14-8-5-9-15-31)40(45)41-33-18-12-7-13-19-33/h5-6,8-11,14-17,20-24,26,33,36H,7,12-13,18-19,25,27-28H2,1-4H3,(H,41,45)/t36-/m0/s1. The van der Waals surface area contributed by atoms with Crippen LogP contribution in [0.15, 0.2) is 102 Å². The number of aryl methyl sites for hydroxylation is 2. The molecule has 5 rings (SSSR count). The second-order valence-electron chi connectivity index (χ2n) is 12.9. The Hall–Kier alpha value is -4.83. The first-order valence-corrected chi connectivity index (χ1v) is 18.5. The monoisotopic (exact) mass is 697 g/mol. The molecule has 0 spiro atoms. The number of nitrogens with one attached hydrogen (secondary N) is 1. The molecule has 0 heterocycles. The Balaban J connectivity index is 1.59. The van der Waals surface area contributed by atoms with Crippen LogP contribution in [0.4, 0.5) is 5.69 Å². The van der Waals surface area contributed by atoms with Gasteiger partial charge in [-0.1, -0.05) is 86.0 Å². The summed E-state index contributed by atoms with van der Waals surface area (Å²) < 4.78 is 41.1. The summed E-state index contributed by atoms with van der Waals surface area (Å²) in [5.74, 6) is -0.127. The summed E-state index contributed by atoms with van der Waals surface area (Å²) in [6, 6.07) is 28.0. The Morgan fingerprint density at radius 2 is 1.38 bits per heavy atom. The van der Waals surface area contributed by atoms with E-state index in [1.165, 1.54) is 32.4 Å². The fourth-order valence-corrected chi connectivity index (χ4v) is 8.02. The van der Waals surface area contributed by atoms with Crippen LogP contribution in [-0.4, -0.2) is 58.0 Å². The van der Waals surface area contributed by atoms with Crippen molar-refractivity contribution in [3.05, 3.63) is 119 Å². The minimum absolute atomic E-state index is 0.0281. The van der Waals surface area contributed by atoms with E-state index in [0.717, 1.165) is 58.7 Å². The van der Waals surface area contributed by atoms with E-state index in [0.29, 0.717) is 11.4 Å². The highest BCUT2D eigenvalue weighted by atomic mass is 32.2. The lowest BCUT2D eigenvalue weighted by Crippen LogP contribution is -2.55. The second kappa shape index (κ2) is 16.7. The minimum Gasteiger partial charge on any atom is -0.493 e. The molecule has 0 saturated heterocycles. The molecule has 264 valence electrons. The largest absolute Gasteiger partial charge is 0.493 e. The number of amides is 2. The van der Waals surface area contributed by atoms with Gasteiger partial charge in [0.05, 0.1) is 24.8 Å². The number of hydrogen-bond acceptors (Lipinski definition) is 6. The molecule has 0 bridgehead atoms. The quantitative estimate of drug-likeness (QED) is 0.159. The van der Waals surface area contributed by atoms with Crippen molar-refractivity contribution in [2.45, 2.75) is 75.9 Å². The zero-order chi connectivity index (χ0) is 35.7. The second-order valence-corrected chi connectivity index (χ2v) is 14.8. The van der Waals surface area contributed by atoms with Gasteiger partial charge in [-0.05, 0) is 73.2 Å². The van der Waals surface area contributed by atoms with Gasteiger partial charge in [-0.25, -0.2) is 8.42 Å². The van der Waals surface area contributed by atoms with Crippen molar-refractivity contribution in [1.29, 1.82) is 0 Å². The summed E-state index contributed by atoms with van der Waals surface area (Å²) in [4.78, 5) is 30.6. The molecule has 0 radical (unpaired) electrons. The van der Waals surface area contributed by atoms with E-state index >= 15 is 0 Å². The molecule has 1 N–H and O–H groups in total. The summed E-state index contributed by atoms with van der Waals surface area (Å²) in [6.45, 7) is 3.35. The third-order valence-electron chi connectivity index (χ3n) is 9.13. The van der Waals surface area contributed by atoms with Gasteiger partial charge in [0.25, 0.3) is 10.0 Å². The predicted molar refractivity (Wildman–Crippen MR) is 196 cm³/mol. The number of sulfonamides is 1. The van der Waals surface area contributed by atoms with Crippen LogP contribution in [0.1, 0.15) is 54.4 Å². The van der Waals surface area contributed by atoms with Crippen LogP contribution in [-0.2, 0) is 32.6 Å². The fourth-order valence-electron chi connectivity index (χ4n) is 6.61. The van der Waals surface area contributed by atoms with Gasteiger partial charge in [-0.3, -0.25) is 13.9 Å². The zero-order valence-electron chi connectivity index (χ0n) is 29.3. The van der Waals surface area contributed by atoms with Crippen molar-refractivity contribution in [2.75, 3.05) is 25.1 Å². The summed E-state index contributed by atoms with van der Waals surface area (Å²) in [5.41, 5.74) is 3.75. The molecule has 1 saturated carbocycles. The van der Waals surface area contributed by atoms with Crippen molar-refractivity contribution in [2.24, 2.45) is 0 Å². The van der Waals surface area contributed by atoms with Gasteiger partial charge >= 0.3 is 0 Å². The van der Waals surface area contributed by atoms with Crippen LogP contribution in [0.5, 0.6) is 11.5 Å². The first-order chi connectivity index (χ1) is 24.1. The lowest BCUT2D eigenvalue weighted by molar-refractivity contribution is -0.140. The van der Waals surface area contributed by atoms with Gasteiger partial charge in [-0.15, -0.1) is 0 Å². The highest BCUT2D eigenvalue weighted by molar-refractivity contribution is 7.92. The molecule has 2 amide bonds. The Morgan fingerprint density at radius 3 is 1.98 bits per heavy atom. The minimum atomic E-state index is -4.32. The predicted octanol–water partition coefficient (Wildman–Crippen LogP) is 6.60. The molecule has 1 fully saturated rings. The van der Waals surface area contributed by atoms with Gasteiger partial charge in [0, 0.05) is 25.1 Å². The Kier molecular flexibility index (Phi) is 12.2. The Labute approximate surface area is 296 Å². The van der Waals surface area contributed by atoms with Gasteiger partial charge in [0.15, 0.2) is 11.5 Å². The number of carbonyl (C=O) groups is 2. The average molecular weight is 698 g/mol. The third-order valence-corrected chi connectivity index (χ3v) is 10.9. The lowest BCUT2D eigenvalue weighted by atomic mass is 9.94. The van der Waals surface area contributed by atoms with Crippen LogP contribution in [0, 0.1) is 13.8 Å². The molecule has 10 heteroatoms. The number of methoxy groups -OCH3 is 2. The van der Waals surface area contributed by atoms with Crippen LogP contribution < -0.4 is 19.1 Å². The lowest BCUT2D eigenvalue weighted by Gasteiger charge is -2.35. The number of carbonyl (C=O) groups excluding carboxylic acids is 2. The molecule has 0 aromatic heterocycles. The van der Waals surface area contributed by atoms with E-state index in [4.69, 9.17) is 9.47 Å². The van der Waals surface area contributed by atoms with Crippen LogP contribution in [0.25, 0.3) is 0 Å². The first kappa shape index (κ1) is 36.5. The van der Waals surface area contributed by atoms with Crippen LogP contribution in [0.3, 0.4) is 0 Å². The van der Waals surface area contributed by atoms with E-state index < -0.39 is 28.5 Å². The number of nitrogens with zero attached hydrogens (tertiary/aromatic N) is 2. The molecule has 0 aliphatic heterocycles.